The highest BCUT2D eigenvalue weighted by atomic mass is 16.5. The molecule has 1 heterocycles. The van der Waals surface area contributed by atoms with Crippen molar-refractivity contribution >= 4 is 5.97 Å². The van der Waals surface area contributed by atoms with Gasteiger partial charge in [-0.25, -0.2) is 0 Å². The minimum Gasteiger partial charge on any atom is -0.480 e. The maximum absolute atomic E-state index is 11.0. The van der Waals surface area contributed by atoms with Gasteiger partial charge in [0.05, 0.1) is 12.2 Å². The van der Waals surface area contributed by atoms with Gasteiger partial charge < -0.3 is 9.63 Å². The Hall–Kier alpha value is -2.14. The zero-order chi connectivity index (χ0) is 15.5. The average Bonchev–Trinajstić information content (AvgIpc) is 2.86. The van der Waals surface area contributed by atoms with Gasteiger partial charge in [0.15, 0.2) is 5.76 Å². The summed E-state index contributed by atoms with van der Waals surface area (Å²) < 4.78 is 5.35. The van der Waals surface area contributed by atoms with Gasteiger partial charge in [-0.05, 0) is 20.8 Å². The molecule has 0 saturated heterocycles. The Morgan fingerprint density at radius 3 is 2.52 bits per heavy atom. The highest BCUT2D eigenvalue weighted by Gasteiger charge is 2.24. The molecule has 2 rings (SSSR count). The topological polar surface area (TPSA) is 66.6 Å². The van der Waals surface area contributed by atoms with Gasteiger partial charge in [0.2, 0.25) is 0 Å². The summed E-state index contributed by atoms with van der Waals surface area (Å²) in [6.07, 6.45) is 0. The van der Waals surface area contributed by atoms with Gasteiger partial charge in [-0.3, -0.25) is 9.69 Å². The molecular weight excluding hydrogens is 268 g/mol. The third-order valence-electron chi connectivity index (χ3n) is 3.24. The zero-order valence-corrected chi connectivity index (χ0v) is 12.5. The number of carbonyl (C=O) groups is 1. The van der Waals surface area contributed by atoms with Crippen LogP contribution in [0.2, 0.25) is 0 Å². The first kappa shape index (κ1) is 15.3. The van der Waals surface area contributed by atoms with Crippen molar-refractivity contribution in [3.05, 3.63) is 42.1 Å². The van der Waals surface area contributed by atoms with Crippen molar-refractivity contribution < 1.29 is 14.4 Å². The average molecular weight is 288 g/mol. The third-order valence-corrected chi connectivity index (χ3v) is 3.24. The van der Waals surface area contributed by atoms with Crippen LogP contribution < -0.4 is 0 Å². The van der Waals surface area contributed by atoms with E-state index in [0.717, 1.165) is 11.3 Å². The summed E-state index contributed by atoms with van der Waals surface area (Å²) in [6.45, 7) is 6.35. The van der Waals surface area contributed by atoms with Crippen molar-refractivity contribution in [3.63, 3.8) is 0 Å². The summed E-state index contributed by atoms with van der Waals surface area (Å²) in [4.78, 5) is 12.8. The molecule has 5 heteroatoms. The monoisotopic (exact) mass is 288 g/mol. The van der Waals surface area contributed by atoms with Crippen molar-refractivity contribution in [2.24, 2.45) is 0 Å². The van der Waals surface area contributed by atoms with Crippen LogP contribution in [0, 0.1) is 0 Å². The number of carboxylic acids is 1. The number of aliphatic carboxylic acids is 1. The molecule has 5 nitrogen and oxygen atoms in total. The van der Waals surface area contributed by atoms with Gasteiger partial charge in [0, 0.05) is 23.7 Å². The van der Waals surface area contributed by atoms with Crippen LogP contribution >= 0.6 is 0 Å². The normalized spacial score (nSPS) is 11.8. The molecule has 0 bridgehead atoms. The largest absolute Gasteiger partial charge is 0.480 e. The summed E-state index contributed by atoms with van der Waals surface area (Å²) in [7, 11) is 0. The Morgan fingerprint density at radius 2 is 1.95 bits per heavy atom. The zero-order valence-electron chi connectivity index (χ0n) is 12.5. The van der Waals surface area contributed by atoms with Crippen LogP contribution in [0.5, 0.6) is 0 Å². The van der Waals surface area contributed by atoms with E-state index in [2.05, 4.69) is 5.16 Å². The Balaban J connectivity index is 2.15. The Bertz CT molecular complexity index is 599. The fourth-order valence-electron chi connectivity index (χ4n) is 2.01. The molecule has 0 aliphatic heterocycles. The number of hydrogen-bond donors (Lipinski definition) is 1. The van der Waals surface area contributed by atoms with E-state index in [1.54, 1.807) is 0 Å². The molecule has 112 valence electrons. The van der Waals surface area contributed by atoms with E-state index in [1.807, 2.05) is 62.1 Å². The van der Waals surface area contributed by atoms with Crippen molar-refractivity contribution in [1.29, 1.82) is 0 Å². The van der Waals surface area contributed by atoms with Gasteiger partial charge in [-0.1, -0.05) is 35.5 Å². The van der Waals surface area contributed by atoms with E-state index in [0.29, 0.717) is 12.3 Å². The summed E-state index contributed by atoms with van der Waals surface area (Å²) in [6, 6.07) is 11.6. The van der Waals surface area contributed by atoms with Gasteiger partial charge in [0.1, 0.15) is 0 Å². The first-order chi connectivity index (χ1) is 9.86. The number of aromatic nitrogens is 1. The summed E-state index contributed by atoms with van der Waals surface area (Å²) >= 11 is 0. The first-order valence-electron chi connectivity index (χ1n) is 6.84. The predicted molar refractivity (Wildman–Crippen MR) is 79.7 cm³/mol. The summed E-state index contributed by atoms with van der Waals surface area (Å²) in [5, 5.41) is 13.1. The fourth-order valence-corrected chi connectivity index (χ4v) is 2.01. The molecule has 21 heavy (non-hydrogen) atoms. The maximum Gasteiger partial charge on any atom is 0.317 e. The van der Waals surface area contributed by atoms with Crippen LogP contribution in [0.4, 0.5) is 0 Å². The second kappa shape index (κ2) is 6.10. The fraction of sp³-hybridized carbons (Fsp3) is 0.375. The number of rotatable bonds is 5. The van der Waals surface area contributed by atoms with E-state index in [9.17, 15) is 4.79 Å². The highest BCUT2D eigenvalue weighted by molar-refractivity contribution is 5.69. The first-order valence-corrected chi connectivity index (χ1v) is 6.84. The standard InChI is InChI=1S/C16H20N2O3/c1-16(2,3)18(11-15(19)20)10-13-9-14(21-17-13)12-7-5-4-6-8-12/h4-9H,10-11H2,1-3H3,(H,19,20). The van der Waals surface area contributed by atoms with E-state index >= 15 is 0 Å². The third kappa shape index (κ3) is 4.16. The molecule has 1 aromatic heterocycles. The molecule has 0 fully saturated rings. The quantitative estimate of drug-likeness (QED) is 0.916. The van der Waals surface area contributed by atoms with Crippen LogP contribution in [0.25, 0.3) is 11.3 Å². The molecule has 0 aliphatic carbocycles. The molecule has 0 amide bonds. The second-order valence-electron chi connectivity index (χ2n) is 5.97. The van der Waals surface area contributed by atoms with E-state index in [1.165, 1.54) is 0 Å². The molecule has 0 aliphatic rings. The van der Waals surface area contributed by atoms with Crippen molar-refractivity contribution in [2.45, 2.75) is 32.9 Å². The summed E-state index contributed by atoms with van der Waals surface area (Å²) in [5.41, 5.74) is 1.42. The molecule has 0 unspecified atom stereocenters. The van der Waals surface area contributed by atoms with Crippen LogP contribution in [0.3, 0.4) is 0 Å². The lowest BCUT2D eigenvalue weighted by molar-refractivity contribution is -0.140. The Labute approximate surface area is 124 Å². The number of carboxylic acid groups (broad SMARTS) is 1. The minimum atomic E-state index is -0.850. The lowest BCUT2D eigenvalue weighted by atomic mass is 10.1. The van der Waals surface area contributed by atoms with Crippen LogP contribution in [-0.4, -0.2) is 33.2 Å². The minimum absolute atomic E-state index is 0.0307. The summed E-state index contributed by atoms with van der Waals surface area (Å²) in [5.74, 6) is -0.161. The van der Waals surface area contributed by atoms with Gasteiger partial charge in [-0.2, -0.15) is 0 Å². The lowest BCUT2D eigenvalue weighted by Crippen LogP contribution is -2.43. The second-order valence-corrected chi connectivity index (χ2v) is 5.97. The van der Waals surface area contributed by atoms with Gasteiger partial charge in [0.25, 0.3) is 0 Å². The lowest BCUT2D eigenvalue weighted by Gasteiger charge is -2.33. The van der Waals surface area contributed by atoms with Crippen LogP contribution in [0.15, 0.2) is 40.9 Å². The van der Waals surface area contributed by atoms with Gasteiger partial charge in [-0.15, -0.1) is 0 Å². The molecule has 1 N–H and O–H groups in total. The van der Waals surface area contributed by atoms with Crippen molar-refractivity contribution in [3.8, 4) is 11.3 Å². The number of benzene rings is 1. The molecule has 0 atom stereocenters. The Morgan fingerprint density at radius 1 is 1.29 bits per heavy atom. The van der Waals surface area contributed by atoms with Gasteiger partial charge >= 0.3 is 5.97 Å². The van der Waals surface area contributed by atoms with E-state index in [-0.39, 0.29) is 12.1 Å². The highest BCUT2D eigenvalue weighted by Crippen LogP contribution is 2.22. The molecular formula is C16H20N2O3. The molecule has 1 aromatic carbocycles. The molecule has 0 spiro atoms. The smallest absolute Gasteiger partial charge is 0.317 e. The van der Waals surface area contributed by atoms with Crippen LogP contribution in [-0.2, 0) is 11.3 Å². The molecule has 0 radical (unpaired) electrons. The predicted octanol–water partition coefficient (Wildman–Crippen LogP) is 3.03. The maximum atomic E-state index is 11.0. The number of hydrogen-bond acceptors (Lipinski definition) is 4. The van der Waals surface area contributed by atoms with Crippen molar-refractivity contribution in [2.75, 3.05) is 6.54 Å². The SMILES string of the molecule is CC(C)(C)N(CC(=O)O)Cc1cc(-c2ccccc2)on1. The molecule has 0 saturated carbocycles. The van der Waals surface area contributed by atoms with Crippen LogP contribution in [0.1, 0.15) is 26.5 Å². The van der Waals surface area contributed by atoms with E-state index < -0.39 is 5.97 Å². The Kier molecular flexibility index (Phi) is 4.43. The molecule has 2 aromatic rings. The van der Waals surface area contributed by atoms with E-state index in [4.69, 9.17) is 9.63 Å². The van der Waals surface area contributed by atoms with Crippen molar-refractivity contribution in [1.82, 2.24) is 10.1 Å². The number of nitrogens with zero attached hydrogens (tertiary/aromatic N) is 2.